The Morgan fingerprint density at radius 2 is 2.19 bits per heavy atom. The number of nitrogens with one attached hydrogen (secondary N) is 1. The molecule has 0 spiro atoms. The predicted molar refractivity (Wildman–Crippen MR) is 99.0 cm³/mol. The van der Waals surface area contributed by atoms with Crippen molar-refractivity contribution >= 4 is 21.1 Å². The predicted octanol–water partition coefficient (Wildman–Crippen LogP) is 1.49. The Kier molecular flexibility index (Phi) is 4.20. The third-order valence-corrected chi connectivity index (χ3v) is 6.87. The maximum Gasteiger partial charge on any atom is 0.214 e. The van der Waals surface area contributed by atoms with Gasteiger partial charge in [-0.05, 0) is 12.5 Å². The summed E-state index contributed by atoms with van der Waals surface area (Å²) in [6, 6.07) is 4.07. The van der Waals surface area contributed by atoms with Gasteiger partial charge in [-0.3, -0.25) is 4.68 Å². The van der Waals surface area contributed by atoms with Gasteiger partial charge in [0.1, 0.15) is 17.5 Å². The highest BCUT2D eigenvalue weighted by Crippen LogP contribution is 2.35. The van der Waals surface area contributed by atoms with Crippen LogP contribution in [-0.2, 0) is 15.6 Å². The molecular weight excluding hydrogens is 366 g/mol. The fourth-order valence-electron chi connectivity index (χ4n) is 3.49. The molecular formula is C17H19N7O2S. The van der Waals surface area contributed by atoms with E-state index in [1.54, 1.807) is 17.1 Å². The van der Waals surface area contributed by atoms with Crippen molar-refractivity contribution in [3.63, 3.8) is 0 Å². The Balaban J connectivity index is 1.65. The van der Waals surface area contributed by atoms with E-state index in [1.807, 2.05) is 19.2 Å². The standard InChI is InChI=1S/C17H19N7O2S/c1-2-7-27(25,26)23-10-17(11-23,4-5-18)24-9-13(8-22-24)15-14-3-6-19-16(14)21-12-20-15/h3,6,8-9,12H,2,4,7,10-11H2,1H3,(H,19,20,21). The van der Waals surface area contributed by atoms with Gasteiger partial charge in [0.05, 0.1) is 30.1 Å². The minimum Gasteiger partial charge on any atom is -0.346 e. The Bertz CT molecular complexity index is 1120. The normalized spacial score (nSPS) is 16.9. The minimum absolute atomic E-state index is 0.117. The number of nitriles is 1. The van der Waals surface area contributed by atoms with Crippen LogP contribution < -0.4 is 0 Å². The van der Waals surface area contributed by atoms with Crippen molar-refractivity contribution in [2.75, 3.05) is 18.8 Å². The molecule has 3 aromatic heterocycles. The number of sulfonamides is 1. The Labute approximate surface area is 156 Å². The molecule has 0 unspecified atom stereocenters. The van der Waals surface area contributed by atoms with Crippen LogP contribution >= 0.6 is 0 Å². The Hall–Kier alpha value is -2.77. The highest BCUT2D eigenvalue weighted by atomic mass is 32.2. The van der Waals surface area contributed by atoms with Gasteiger partial charge in [-0.25, -0.2) is 18.4 Å². The molecule has 4 rings (SSSR count). The van der Waals surface area contributed by atoms with Crippen LogP contribution in [0.3, 0.4) is 0 Å². The highest BCUT2D eigenvalue weighted by molar-refractivity contribution is 7.89. The number of aromatic nitrogens is 5. The number of fused-ring (bicyclic) bond motifs is 1. The van der Waals surface area contributed by atoms with E-state index in [2.05, 4.69) is 26.1 Å². The molecule has 0 aromatic carbocycles. The first-order valence-corrected chi connectivity index (χ1v) is 10.3. The van der Waals surface area contributed by atoms with Crippen molar-refractivity contribution in [2.24, 2.45) is 0 Å². The summed E-state index contributed by atoms with van der Waals surface area (Å²) >= 11 is 0. The van der Waals surface area contributed by atoms with E-state index in [1.165, 1.54) is 10.6 Å². The van der Waals surface area contributed by atoms with Crippen molar-refractivity contribution in [3.05, 3.63) is 31.0 Å². The molecule has 27 heavy (non-hydrogen) atoms. The van der Waals surface area contributed by atoms with E-state index >= 15 is 0 Å². The lowest BCUT2D eigenvalue weighted by molar-refractivity contribution is 0.0718. The molecule has 9 nitrogen and oxygen atoms in total. The number of H-pyrrole nitrogens is 1. The lowest BCUT2D eigenvalue weighted by Gasteiger charge is -2.47. The topological polar surface area (TPSA) is 121 Å². The van der Waals surface area contributed by atoms with Crippen LogP contribution in [0.4, 0.5) is 0 Å². The fourth-order valence-corrected chi connectivity index (χ4v) is 5.13. The van der Waals surface area contributed by atoms with Crippen LogP contribution in [0.2, 0.25) is 0 Å². The van der Waals surface area contributed by atoms with Crippen LogP contribution in [-0.4, -0.2) is 56.3 Å². The SMILES string of the molecule is CCCS(=O)(=O)N1CC(CC#N)(n2cc(-c3ncnc4[nH]ccc34)cn2)C1. The number of hydrogen-bond acceptors (Lipinski definition) is 6. The molecule has 10 heteroatoms. The number of rotatable bonds is 6. The van der Waals surface area contributed by atoms with Crippen LogP contribution in [0.5, 0.6) is 0 Å². The average Bonchev–Trinajstić information content (AvgIpc) is 3.26. The van der Waals surface area contributed by atoms with E-state index in [0.29, 0.717) is 6.42 Å². The first-order valence-electron chi connectivity index (χ1n) is 8.67. The smallest absolute Gasteiger partial charge is 0.214 e. The van der Waals surface area contributed by atoms with Crippen LogP contribution in [0, 0.1) is 11.3 Å². The first-order chi connectivity index (χ1) is 13.0. The number of aromatic amines is 1. The van der Waals surface area contributed by atoms with Gasteiger partial charge in [0.25, 0.3) is 0 Å². The van der Waals surface area contributed by atoms with E-state index in [0.717, 1.165) is 22.3 Å². The minimum atomic E-state index is -3.28. The molecule has 0 atom stereocenters. The third-order valence-electron chi connectivity index (χ3n) is 4.90. The summed E-state index contributed by atoms with van der Waals surface area (Å²) in [6.45, 7) is 2.35. The monoisotopic (exact) mass is 385 g/mol. The second kappa shape index (κ2) is 6.44. The molecule has 0 saturated carbocycles. The van der Waals surface area contributed by atoms with Gasteiger partial charge in [-0.1, -0.05) is 6.92 Å². The van der Waals surface area contributed by atoms with Gasteiger partial charge in [0.15, 0.2) is 0 Å². The molecule has 1 aliphatic heterocycles. The zero-order valence-electron chi connectivity index (χ0n) is 14.8. The zero-order chi connectivity index (χ0) is 19.1. The molecule has 0 amide bonds. The molecule has 1 fully saturated rings. The van der Waals surface area contributed by atoms with Gasteiger partial charge < -0.3 is 4.98 Å². The van der Waals surface area contributed by atoms with Gasteiger partial charge in [-0.2, -0.15) is 14.7 Å². The highest BCUT2D eigenvalue weighted by Gasteiger charge is 2.49. The summed E-state index contributed by atoms with van der Waals surface area (Å²) in [5.74, 6) is 0.117. The van der Waals surface area contributed by atoms with E-state index in [-0.39, 0.29) is 25.3 Å². The number of hydrogen-bond donors (Lipinski definition) is 1. The van der Waals surface area contributed by atoms with Crippen molar-refractivity contribution in [3.8, 4) is 17.3 Å². The van der Waals surface area contributed by atoms with Gasteiger partial charge >= 0.3 is 0 Å². The largest absolute Gasteiger partial charge is 0.346 e. The zero-order valence-corrected chi connectivity index (χ0v) is 15.6. The summed E-state index contributed by atoms with van der Waals surface area (Å²) in [5, 5.41) is 14.6. The quantitative estimate of drug-likeness (QED) is 0.686. The molecule has 3 aromatic rings. The lowest BCUT2D eigenvalue weighted by Crippen LogP contribution is -2.64. The van der Waals surface area contributed by atoms with Gasteiger partial charge in [0.2, 0.25) is 10.0 Å². The average molecular weight is 385 g/mol. The second-order valence-electron chi connectivity index (χ2n) is 6.78. The van der Waals surface area contributed by atoms with Gasteiger partial charge in [-0.15, -0.1) is 0 Å². The molecule has 140 valence electrons. The van der Waals surface area contributed by atoms with E-state index < -0.39 is 15.6 Å². The summed E-state index contributed by atoms with van der Waals surface area (Å²) in [4.78, 5) is 11.6. The summed E-state index contributed by atoms with van der Waals surface area (Å²) < 4.78 is 27.7. The molecule has 0 bridgehead atoms. The van der Waals surface area contributed by atoms with Gasteiger partial charge in [0, 0.05) is 36.4 Å². The molecule has 1 N–H and O–H groups in total. The molecule has 0 aliphatic carbocycles. The summed E-state index contributed by atoms with van der Waals surface area (Å²) in [5.41, 5.74) is 1.64. The van der Waals surface area contributed by atoms with E-state index in [4.69, 9.17) is 0 Å². The summed E-state index contributed by atoms with van der Waals surface area (Å²) in [6.07, 6.45) is 7.56. The lowest BCUT2D eigenvalue weighted by atomic mass is 9.89. The fraction of sp³-hybridized carbons (Fsp3) is 0.412. The van der Waals surface area contributed by atoms with Crippen molar-refractivity contribution in [1.29, 1.82) is 5.26 Å². The Morgan fingerprint density at radius 3 is 2.93 bits per heavy atom. The maximum absolute atomic E-state index is 12.3. The second-order valence-corrected chi connectivity index (χ2v) is 8.87. The van der Waals surface area contributed by atoms with Crippen LogP contribution in [0.1, 0.15) is 19.8 Å². The van der Waals surface area contributed by atoms with Crippen LogP contribution in [0.15, 0.2) is 31.0 Å². The first kappa shape index (κ1) is 17.6. The maximum atomic E-state index is 12.3. The van der Waals surface area contributed by atoms with Crippen molar-refractivity contribution in [1.82, 2.24) is 29.0 Å². The molecule has 4 heterocycles. The van der Waals surface area contributed by atoms with E-state index in [9.17, 15) is 13.7 Å². The Morgan fingerprint density at radius 1 is 1.37 bits per heavy atom. The van der Waals surface area contributed by atoms with Crippen LogP contribution in [0.25, 0.3) is 22.3 Å². The third kappa shape index (κ3) is 2.89. The molecule has 1 aliphatic rings. The van der Waals surface area contributed by atoms with Crippen molar-refractivity contribution in [2.45, 2.75) is 25.3 Å². The number of nitrogens with zero attached hydrogens (tertiary/aromatic N) is 6. The molecule has 0 radical (unpaired) electrons. The van der Waals surface area contributed by atoms with Crippen molar-refractivity contribution < 1.29 is 8.42 Å². The molecule has 1 saturated heterocycles. The summed E-state index contributed by atoms with van der Waals surface area (Å²) in [7, 11) is -3.28.